The molecular weight excluding hydrogens is 306 g/mol. The number of hydrogen-bond donors (Lipinski definition) is 0. The molecule has 8 heteroatoms. The Bertz CT molecular complexity index is 493. The number of rotatable bonds is 7. The number of hydrogen-bond acceptors (Lipinski definition) is 4. The minimum atomic E-state index is -3.53. The van der Waals surface area contributed by atoms with E-state index in [9.17, 15) is 12.8 Å². The van der Waals surface area contributed by atoms with Gasteiger partial charge in [-0.3, -0.25) is 0 Å². The van der Waals surface area contributed by atoms with Crippen molar-refractivity contribution in [1.29, 1.82) is 0 Å². The minimum absolute atomic E-state index is 0.000628. The lowest BCUT2D eigenvalue weighted by atomic mass is 10.3. The summed E-state index contributed by atoms with van der Waals surface area (Å²) in [5.41, 5.74) is 0. The Morgan fingerprint density at radius 2 is 1.94 bits per heavy atom. The molecule has 0 bridgehead atoms. The standard InChI is InChI=1S/C10H11Cl2FO4S/c11-9-7-8(1-2-10(9)13)17-4-3-16-5-6-18(12,14)15/h1-2,7H,3-6H2. The van der Waals surface area contributed by atoms with Gasteiger partial charge in [0.05, 0.1) is 24.0 Å². The van der Waals surface area contributed by atoms with Gasteiger partial charge in [0.25, 0.3) is 0 Å². The molecule has 1 aromatic carbocycles. The van der Waals surface area contributed by atoms with Crippen molar-refractivity contribution in [3.8, 4) is 5.75 Å². The van der Waals surface area contributed by atoms with Crippen LogP contribution in [0.4, 0.5) is 4.39 Å². The van der Waals surface area contributed by atoms with E-state index in [-0.39, 0.29) is 30.6 Å². The number of halogens is 3. The van der Waals surface area contributed by atoms with Crippen LogP contribution >= 0.6 is 22.3 Å². The molecule has 0 aliphatic carbocycles. The second-order valence-corrected chi connectivity index (χ2v) is 6.58. The second-order valence-electron chi connectivity index (χ2n) is 3.28. The molecule has 4 nitrogen and oxygen atoms in total. The Morgan fingerprint density at radius 1 is 1.22 bits per heavy atom. The van der Waals surface area contributed by atoms with Gasteiger partial charge in [0, 0.05) is 16.7 Å². The van der Waals surface area contributed by atoms with Crippen LogP contribution in [0.5, 0.6) is 5.75 Å². The lowest BCUT2D eigenvalue weighted by Crippen LogP contribution is -2.12. The first-order valence-corrected chi connectivity index (χ1v) is 7.82. The highest BCUT2D eigenvalue weighted by atomic mass is 35.7. The highest BCUT2D eigenvalue weighted by molar-refractivity contribution is 8.13. The second kappa shape index (κ2) is 7.13. The smallest absolute Gasteiger partial charge is 0.234 e. The van der Waals surface area contributed by atoms with Gasteiger partial charge in [-0.2, -0.15) is 0 Å². The van der Waals surface area contributed by atoms with Crippen LogP contribution in [0.3, 0.4) is 0 Å². The molecule has 0 radical (unpaired) electrons. The normalized spacial score (nSPS) is 11.5. The summed E-state index contributed by atoms with van der Waals surface area (Å²) in [6.07, 6.45) is 0. The van der Waals surface area contributed by atoms with E-state index in [1.165, 1.54) is 18.2 Å². The summed E-state index contributed by atoms with van der Waals surface area (Å²) in [5.74, 6) is -0.362. The van der Waals surface area contributed by atoms with Crippen LogP contribution in [-0.2, 0) is 13.8 Å². The maximum absolute atomic E-state index is 12.8. The Balaban J connectivity index is 2.20. The fourth-order valence-electron chi connectivity index (χ4n) is 1.05. The molecule has 102 valence electrons. The van der Waals surface area contributed by atoms with Gasteiger partial charge in [0.2, 0.25) is 9.05 Å². The fraction of sp³-hybridized carbons (Fsp3) is 0.400. The van der Waals surface area contributed by atoms with Crippen molar-refractivity contribution in [3.05, 3.63) is 29.0 Å². The first-order chi connectivity index (χ1) is 8.38. The maximum Gasteiger partial charge on any atom is 0.234 e. The molecule has 0 saturated carbocycles. The highest BCUT2D eigenvalue weighted by Crippen LogP contribution is 2.20. The van der Waals surface area contributed by atoms with Crippen molar-refractivity contribution in [2.24, 2.45) is 0 Å². The fourth-order valence-corrected chi connectivity index (χ4v) is 1.72. The van der Waals surface area contributed by atoms with Crippen molar-refractivity contribution in [1.82, 2.24) is 0 Å². The van der Waals surface area contributed by atoms with Crippen LogP contribution in [0.1, 0.15) is 0 Å². The van der Waals surface area contributed by atoms with Crippen LogP contribution in [0, 0.1) is 5.82 Å². The van der Waals surface area contributed by atoms with Crippen LogP contribution < -0.4 is 4.74 Å². The van der Waals surface area contributed by atoms with E-state index in [4.69, 9.17) is 31.8 Å². The van der Waals surface area contributed by atoms with Crippen LogP contribution in [0.2, 0.25) is 5.02 Å². The lowest BCUT2D eigenvalue weighted by molar-refractivity contribution is 0.111. The molecule has 0 aliphatic rings. The van der Waals surface area contributed by atoms with Gasteiger partial charge in [-0.1, -0.05) is 11.6 Å². The zero-order chi connectivity index (χ0) is 13.6. The largest absolute Gasteiger partial charge is 0.491 e. The highest BCUT2D eigenvalue weighted by Gasteiger charge is 2.04. The van der Waals surface area contributed by atoms with Crippen molar-refractivity contribution in [3.63, 3.8) is 0 Å². The zero-order valence-corrected chi connectivity index (χ0v) is 11.6. The van der Waals surface area contributed by atoms with E-state index in [2.05, 4.69) is 0 Å². The van der Waals surface area contributed by atoms with E-state index in [0.29, 0.717) is 5.75 Å². The van der Waals surface area contributed by atoms with Crippen LogP contribution in [-0.4, -0.2) is 34.0 Å². The van der Waals surface area contributed by atoms with Gasteiger partial charge in [0.15, 0.2) is 0 Å². The van der Waals surface area contributed by atoms with Gasteiger partial charge in [0.1, 0.15) is 18.2 Å². The van der Waals surface area contributed by atoms with Crippen molar-refractivity contribution in [2.45, 2.75) is 0 Å². The first-order valence-electron chi connectivity index (χ1n) is 4.96. The summed E-state index contributed by atoms with van der Waals surface area (Å²) in [4.78, 5) is 0. The molecule has 0 aromatic heterocycles. The van der Waals surface area contributed by atoms with Gasteiger partial charge >= 0.3 is 0 Å². The minimum Gasteiger partial charge on any atom is -0.491 e. The summed E-state index contributed by atoms with van der Waals surface area (Å²) in [6.45, 7) is 0.394. The molecule has 18 heavy (non-hydrogen) atoms. The molecule has 0 heterocycles. The van der Waals surface area contributed by atoms with Gasteiger partial charge in [-0.05, 0) is 12.1 Å². The Morgan fingerprint density at radius 3 is 2.56 bits per heavy atom. The SMILES string of the molecule is O=S(=O)(Cl)CCOCCOc1ccc(F)c(Cl)c1. The average Bonchev–Trinajstić information content (AvgIpc) is 2.26. The molecule has 0 N–H and O–H groups in total. The topological polar surface area (TPSA) is 52.6 Å². The van der Waals surface area contributed by atoms with E-state index in [1.807, 2.05) is 0 Å². The monoisotopic (exact) mass is 316 g/mol. The molecule has 0 amide bonds. The molecule has 1 rings (SSSR count). The molecule has 0 spiro atoms. The summed E-state index contributed by atoms with van der Waals surface area (Å²) < 4.78 is 44.1. The molecule has 0 saturated heterocycles. The van der Waals surface area contributed by atoms with E-state index < -0.39 is 14.9 Å². The summed E-state index contributed by atoms with van der Waals surface area (Å²) in [6, 6.07) is 3.98. The quantitative estimate of drug-likeness (QED) is 0.572. The van der Waals surface area contributed by atoms with Crippen LogP contribution in [0.25, 0.3) is 0 Å². The van der Waals surface area contributed by atoms with E-state index in [1.54, 1.807) is 0 Å². The summed E-state index contributed by atoms with van der Waals surface area (Å²) >= 11 is 5.56. The molecular formula is C10H11Cl2FO4S. The first kappa shape index (κ1) is 15.5. The molecule has 0 fully saturated rings. The predicted molar refractivity (Wildman–Crippen MR) is 67.4 cm³/mol. The Hall–Kier alpha value is -0.560. The van der Waals surface area contributed by atoms with Crippen molar-refractivity contribution in [2.75, 3.05) is 25.6 Å². The van der Waals surface area contributed by atoms with Crippen molar-refractivity contribution < 1.29 is 22.3 Å². The molecule has 0 unspecified atom stereocenters. The van der Waals surface area contributed by atoms with Gasteiger partial charge < -0.3 is 9.47 Å². The molecule has 0 aliphatic heterocycles. The molecule has 1 aromatic rings. The summed E-state index contributed by atoms with van der Waals surface area (Å²) in [5, 5.41) is -0.0262. The summed E-state index contributed by atoms with van der Waals surface area (Å²) in [7, 11) is 1.46. The molecule has 0 atom stereocenters. The Labute approximate surface area is 114 Å². The van der Waals surface area contributed by atoms with Gasteiger partial charge in [-0.25, -0.2) is 12.8 Å². The Kier molecular flexibility index (Phi) is 6.14. The zero-order valence-electron chi connectivity index (χ0n) is 9.24. The van der Waals surface area contributed by atoms with Gasteiger partial charge in [-0.15, -0.1) is 0 Å². The van der Waals surface area contributed by atoms with E-state index >= 15 is 0 Å². The maximum atomic E-state index is 12.8. The third kappa shape index (κ3) is 6.39. The van der Waals surface area contributed by atoms with E-state index in [0.717, 1.165) is 0 Å². The van der Waals surface area contributed by atoms with Crippen LogP contribution in [0.15, 0.2) is 18.2 Å². The number of ether oxygens (including phenoxy) is 2. The average molecular weight is 317 g/mol. The third-order valence-corrected chi connectivity index (χ3v) is 3.27. The van der Waals surface area contributed by atoms with Crippen molar-refractivity contribution >= 4 is 31.3 Å². The number of benzene rings is 1. The third-order valence-electron chi connectivity index (χ3n) is 1.86. The predicted octanol–water partition coefficient (Wildman–Crippen LogP) is 2.44. The lowest BCUT2D eigenvalue weighted by Gasteiger charge is -2.07.